The van der Waals surface area contributed by atoms with Crippen molar-refractivity contribution in [3.8, 4) is 0 Å². The van der Waals surface area contributed by atoms with Gasteiger partial charge in [0.2, 0.25) is 0 Å². The van der Waals surface area contributed by atoms with E-state index in [0.29, 0.717) is 5.92 Å². The van der Waals surface area contributed by atoms with E-state index in [1.165, 1.54) is 5.56 Å². The number of carbonyl (C=O) groups excluding carboxylic acids is 2. The van der Waals surface area contributed by atoms with Gasteiger partial charge in [-0.05, 0) is 49.8 Å². The number of Topliss-reactive ketones (excluding diaryl/α,β-unsaturated/α-hetero) is 2. The zero-order valence-electron chi connectivity index (χ0n) is 13.6. The van der Waals surface area contributed by atoms with Crippen LogP contribution in [0.3, 0.4) is 0 Å². The van der Waals surface area contributed by atoms with E-state index in [9.17, 15) is 9.59 Å². The van der Waals surface area contributed by atoms with Gasteiger partial charge in [-0.3, -0.25) is 9.59 Å². The summed E-state index contributed by atoms with van der Waals surface area (Å²) >= 11 is 0. The average Bonchev–Trinajstić information content (AvgIpc) is 3.03. The molecule has 4 rings (SSSR count). The number of carbonyl (C=O) groups is 2. The Morgan fingerprint density at radius 2 is 1.59 bits per heavy atom. The van der Waals surface area contributed by atoms with Crippen LogP contribution in [0.5, 0.6) is 0 Å². The van der Waals surface area contributed by atoms with Crippen molar-refractivity contribution < 1.29 is 14.3 Å². The Morgan fingerprint density at radius 1 is 1.00 bits per heavy atom. The first-order valence-corrected chi connectivity index (χ1v) is 8.20. The van der Waals surface area contributed by atoms with Gasteiger partial charge in [0, 0.05) is 0 Å². The molecule has 0 aromatic heterocycles. The molecule has 0 spiro atoms. The summed E-state index contributed by atoms with van der Waals surface area (Å²) in [6.45, 7) is 8.20. The van der Waals surface area contributed by atoms with Crippen LogP contribution in [-0.4, -0.2) is 23.8 Å². The summed E-state index contributed by atoms with van der Waals surface area (Å²) in [5, 5.41) is 0. The Morgan fingerprint density at radius 3 is 2.23 bits per heavy atom. The molecule has 2 aliphatic heterocycles. The molecule has 1 unspecified atom stereocenters. The third-order valence-electron chi connectivity index (χ3n) is 5.89. The molecule has 1 saturated carbocycles. The van der Waals surface area contributed by atoms with E-state index < -0.39 is 5.92 Å². The Bertz CT molecular complexity index is 667. The lowest BCUT2D eigenvalue weighted by Gasteiger charge is -2.22. The van der Waals surface area contributed by atoms with Crippen molar-refractivity contribution in [3.05, 3.63) is 34.4 Å². The predicted octanol–water partition coefficient (Wildman–Crippen LogP) is 2.89. The van der Waals surface area contributed by atoms with Gasteiger partial charge in [-0.15, -0.1) is 0 Å². The molecule has 22 heavy (non-hydrogen) atoms. The number of ether oxygens (including phenoxy) is 1. The van der Waals surface area contributed by atoms with E-state index in [1.807, 2.05) is 20.8 Å². The summed E-state index contributed by atoms with van der Waals surface area (Å²) in [5.41, 5.74) is 4.24. The number of hydrogen-bond acceptors (Lipinski definition) is 3. The van der Waals surface area contributed by atoms with Crippen LogP contribution in [0.4, 0.5) is 0 Å². The van der Waals surface area contributed by atoms with E-state index in [-0.39, 0.29) is 35.6 Å². The molecule has 3 heteroatoms. The molecule has 0 N–H and O–H groups in total. The minimum Gasteiger partial charge on any atom is -0.373 e. The number of fused-ring (bicyclic) bond motifs is 5. The van der Waals surface area contributed by atoms with Gasteiger partial charge < -0.3 is 4.74 Å². The molecule has 116 valence electrons. The van der Waals surface area contributed by atoms with E-state index in [0.717, 1.165) is 23.1 Å². The highest BCUT2D eigenvalue weighted by Gasteiger charge is 2.65. The fraction of sp³-hybridized carbons (Fsp3) is 0.579. The Kier molecular flexibility index (Phi) is 2.90. The standard InChI is InChI=1S/C19H22O3/c1-8-5-9(2)13(10(3)6-8)15-17(20)14-12-7-11(4)19(22-12)16(14)18(15)21/h5-6,11-12,14-16,19H,7H2,1-4H3/t11-,12-,14-,15?,16+,19+/m0/s1. The van der Waals surface area contributed by atoms with E-state index in [2.05, 4.69) is 19.1 Å². The SMILES string of the molecule is Cc1cc(C)c(C2C(=O)[C@@H]3[C@@H]4O[C@@H](C[C@@H]4C)[C@@H]3C2=O)c(C)c1. The number of ketones is 2. The maximum atomic E-state index is 13.0. The summed E-state index contributed by atoms with van der Waals surface area (Å²) in [4.78, 5) is 26.0. The third-order valence-corrected chi connectivity index (χ3v) is 5.89. The lowest BCUT2D eigenvalue weighted by molar-refractivity contribution is -0.127. The highest BCUT2D eigenvalue weighted by molar-refractivity contribution is 6.17. The fourth-order valence-electron chi connectivity index (χ4n) is 5.15. The number of aryl methyl sites for hydroxylation is 3. The van der Waals surface area contributed by atoms with E-state index in [1.54, 1.807) is 0 Å². The van der Waals surface area contributed by atoms with Crippen LogP contribution in [0.2, 0.25) is 0 Å². The van der Waals surface area contributed by atoms with Crippen LogP contribution >= 0.6 is 0 Å². The second-order valence-corrected chi connectivity index (χ2v) is 7.45. The van der Waals surface area contributed by atoms with Crippen molar-refractivity contribution in [1.82, 2.24) is 0 Å². The van der Waals surface area contributed by atoms with Crippen molar-refractivity contribution in [3.63, 3.8) is 0 Å². The number of hydrogen-bond donors (Lipinski definition) is 0. The minimum absolute atomic E-state index is 0.0301. The molecule has 2 saturated heterocycles. The van der Waals surface area contributed by atoms with Crippen LogP contribution in [0.15, 0.2) is 12.1 Å². The molecular weight excluding hydrogens is 276 g/mol. The van der Waals surface area contributed by atoms with Crippen LogP contribution in [0.1, 0.15) is 41.5 Å². The molecule has 2 bridgehead atoms. The van der Waals surface area contributed by atoms with Gasteiger partial charge in [-0.1, -0.05) is 24.6 Å². The molecule has 3 aliphatic rings. The van der Waals surface area contributed by atoms with Gasteiger partial charge in [0.05, 0.1) is 24.0 Å². The van der Waals surface area contributed by atoms with Crippen molar-refractivity contribution in [2.24, 2.45) is 17.8 Å². The van der Waals surface area contributed by atoms with Gasteiger partial charge in [0.1, 0.15) is 5.92 Å². The quantitative estimate of drug-likeness (QED) is 0.749. The van der Waals surface area contributed by atoms with Crippen LogP contribution in [0.25, 0.3) is 0 Å². The Hall–Kier alpha value is -1.48. The zero-order valence-corrected chi connectivity index (χ0v) is 13.6. The van der Waals surface area contributed by atoms with Gasteiger partial charge in [0.25, 0.3) is 0 Å². The smallest absolute Gasteiger partial charge is 0.154 e. The number of benzene rings is 1. The van der Waals surface area contributed by atoms with Crippen molar-refractivity contribution in [2.45, 2.75) is 52.2 Å². The average molecular weight is 298 g/mol. The molecule has 3 fully saturated rings. The van der Waals surface area contributed by atoms with Gasteiger partial charge in [-0.2, -0.15) is 0 Å². The second kappa shape index (κ2) is 4.51. The minimum atomic E-state index is -0.560. The third kappa shape index (κ3) is 1.66. The predicted molar refractivity (Wildman–Crippen MR) is 82.8 cm³/mol. The van der Waals surface area contributed by atoms with Crippen LogP contribution in [-0.2, 0) is 14.3 Å². The zero-order chi connectivity index (χ0) is 15.8. The summed E-state index contributed by atoms with van der Waals surface area (Å²) in [6, 6.07) is 4.15. The maximum absolute atomic E-state index is 13.0. The second-order valence-electron chi connectivity index (χ2n) is 7.45. The highest BCUT2D eigenvalue weighted by Crippen LogP contribution is 2.54. The molecule has 1 aromatic rings. The monoisotopic (exact) mass is 298 g/mol. The Labute approximate surface area is 131 Å². The van der Waals surface area contributed by atoms with Gasteiger partial charge >= 0.3 is 0 Å². The molecular formula is C19H22O3. The molecule has 0 radical (unpaired) electrons. The van der Waals surface area contributed by atoms with Gasteiger partial charge in [-0.25, -0.2) is 0 Å². The van der Waals surface area contributed by atoms with E-state index in [4.69, 9.17) is 4.74 Å². The van der Waals surface area contributed by atoms with Crippen molar-refractivity contribution in [1.29, 1.82) is 0 Å². The highest BCUT2D eigenvalue weighted by atomic mass is 16.5. The van der Waals surface area contributed by atoms with Gasteiger partial charge in [0.15, 0.2) is 11.6 Å². The fourth-order valence-corrected chi connectivity index (χ4v) is 5.15. The number of rotatable bonds is 1. The van der Waals surface area contributed by atoms with Crippen molar-refractivity contribution in [2.75, 3.05) is 0 Å². The first-order valence-electron chi connectivity index (χ1n) is 8.20. The van der Waals surface area contributed by atoms with Crippen LogP contribution < -0.4 is 0 Å². The first-order chi connectivity index (χ1) is 10.4. The largest absolute Gasteiger partial charge is 0.373 e. The molecule has 3 nitrogen and oxygen atoms in total. The molecule has 6 atom stereocenters. The lowest BCUT2D eigenvalue weighted by atomic mass is 9.76. The topological polar surface area (TPSA) is 43.4 Å². The molecule has 1 aliphatic carbocycles. The van der Waals surface area contributed by atoms with Crippen molar-refractivity contribution >= 4 is 11.6 Å². The first kappa shape index (κ1) is 14.1. The maximum Gasteiger partial charge on any atom is 0.154 e. The summed E-state index contributed by atoms with van der Waals surface area (Å²) in [5.74, 6) is -0.365. The normalized spacial score (nSPS) is 39.6. The summed E-state index contributed by atoms with van der Waals surface area (Å²) in [6.07, 6.45) is 0.851. The van der Waals surface area contributed by atoms with Crippen LogP contribution in [0, 0.1) is 38.5 Å². The molecule has 0 amide bonds. The Balaban J connectivity index is 1.79. The lowest BCUT2D eigenvalue weighted by Crippen LogP contribution is -2.33. The van der Waals surface area contributed by atoms with E-state index >= 15 is 0 Å². The summed E-state index contributed by atoms with van der Waals surface area (Å²) in [7, 11) is 0. The molecule has 2 heterocycles. The molecule has 1 aromatic carbocycles. The summed E-state index contributed by atoms with van der Waals surface area (Å²) < 4.78 is 5.91.